The van der Waals surface area contributed by atoms with Crippen LogP contribution >= 0.6 is 0 Å². The third-order valence-electron chi connectivity index (χ3n) is 9.24. The van der Waals surface area contributed by atoms with Gasteiger partial charge in [-0.05, 0) is 81.3 Å². The fourth-order valence-electron chi connectivity index (χ4n) is 6.93. The molecule has 1 aliphatic rings. The molecule has 0 saturated heterocycles. The van der Waals surface area contributed by atoms with Crippen LogP contribution in [0, 0.1) is 0 Å². The van der Waals surface area contributed by atoms with Gasteiger partial charge in [0.1, 0.15) is 0 Å². The number of pyridine rings is 1. The van der Waals surface area contributed by atoms with E-state index in [2.05, 4.69) is 91.0 Å². The van der Waals surface area contributed by atoms with Crippen LogP contribution in [0.4, 0.5) is 0 Å². The van der Waals surface area contributed by atoms with Gasteiger partial charge in [-0.15, -0.1) is 0 Å². The molecule has 6 aromatic carbocycles. The highest BCUT2D eigenvalue weighted by molar-refractivity contribution is 5.91. The van der Waals surface area contributed by atoms with Crippen LogP contribution in [0.2, 0.25) is 0 Å². The van der Waals surface area contributed by atoms with E-state index in [0.29, 0.717) is 17.5 Å². The second kappa shape index (κ2) is 12.3. The highest BCUT2D eigenvalue weighted by Gasteiger charge is 2.25. The number of hydrogen-bond donors (Lipinski definition) is 0. The average molecular weight is 627 g/mol. The Hall–Kier alpha value is -6.52. The van der Waals surface area contributed by atoms with Crippen LogP contribution in [-0.2, 0) is 6.42 Å². The first-order valence-corrected chi connectivity index (χ1v) is 16.5. The standard InChI is InChI=1S/C45H30N4/c1-4-14-30(15-5-1)36-20-12-22-38-39-23-13-21-37(41(39)29-40(36)38)33-26-34(42-24-10-11-25-46-42)28-35(27-33)45-48-43(31-16-6-2-7-17-31)47-44(49-45)32-18-8-3-9-19-32/h1-28H,29H2. The van der Waals surface area contributed by atoms with Crippen molar-refractivity contribution < 1.29 is 0 Å². The maximum atomic E-state index is 5.08. The SMILES string of the molecule is c1ccc(-c2nc(-c3ccccc3)nc(-c3cc(-c4ccccn4)cc(-c4cccc5c4Cc4c(-c6ccccc6)cccc4-5)c3)n2)cc1. The summed E-state index contributed by atoms with van der Waals surface area (Å²) in [5, 5.41) is 0. The van der Waals surface area contributed by atoms with Crippen molar-refractivity contribution in [3.63, 3.8) is 0 Å². The van der Waals surface area contributed by atoms with Gasteiger partial charge >= 0.3 is 0 Å². The molecule has 9 rings (SSSR count). The number of fused-ring (bicyclic) bond motifs is 3. The zero-order chi connectivity index (χ0) is 32.6. The molecule has 0 aliphatic heterocycles. The molecule has 0 amide bonds. The van der Waals surface area contributed by atoms with Gasteiger partial charge in [-0.1, -0.05) is 133 Å². The monoisotopic (exact) mass is 626 g/mol. The first-order chi connectivity index (χ1) is 24.3. The Balaban J connectivity index is 1.23. The van der Waals surface area contributed by atoms with Crippen molar-refractivity contribution in [3.05, 3.63) is 181 Å². The molecule has 0 radical (unpaired) electrons. The molecule has 0 fully saturated rings. The van der Waals surface area contributed by atoms with Gasteiger partial charge in [0, 0.05) is 28.5 Å². The normalized spacial score (nSPS) is 11.6. The zero-order valence-electron chi connectivity index (χ0n) is 26.7. The van der Waals surface area contributed by atoms with Crippen molar-refractivity contribution in [1.29, 1.82) is 0 Å². The van der Waals surface area contributed by atoms with E-state index in [0.717, 1.165) is 39.9 Å². The maximum Gasteiger partial charge on any atom is 0.164 e. The summed E-state index contributed by atoms with van der Waals surface area (Å²) in [5.41, 5.74) is 14.8. The van der Waals surface area contributed by atoms with Crippen LogP contribution in [0.1, 0.15) is 11.1 Å². The lowest BCUT2D eigenvalue weighted by molar-refractivity contribution is 1.07. The van der Waals surface area contributed by atoms with Crippen LogP contribution < -0.4 is 0 Å². The molecule has 0 bridgehead atoms. The summed E-state index contributed by atoms with van der Waals surface area (Å²) in [4.78, 5) is 19.8. The molecule has 0 saturated carbocycles. The topological polar surface area (TPSA) is 51.6 Å². The number of aromatic nitrogens is 4. The molecular formula is C45H30N4. The molecule has 4 heteroatoms. The van der Waals surface area contributed by atoms with E-state index in [1.807, 2.05) is 79.0 Å². The summed E-state index contributed by atoms with van der Waals surface area (Å²) in [7, 11) is 0. The predicted octanol–water partition coefficient (Wildman–Crippen LogP) is 10.8. The van der Waals surface area contributed by atoms with Crippen LogP contribution in [0.5, 0.6) is 0 Å². The zero-order valence-corrected chi connectivity index (χ0v) is 26.7. The first kappa shape index (κ1) is 28.7. The Labute approximate surface area is 285 Å². The first-order valence-electron chi connectivity index (χ1n) is 16.5. The molecule has 49 heavy (non-hydrogen) atoms. The van der Waals surface area contributed by atoms with E-state index < -0.39 is 0 Å². The second-order valence-electron chi connectivity index (χ2n) is 12.3. The fraction of sp³-hybridized carbons (Fsp3) is 0.0222. The van der Waals surface area contributed by atoms with Crippen molar-refractivity contribution in [2.24, 2.45) is 0 Å². The van der Waals surface area contributed by atoms with Crippen LogP contribution in [0.3, 0.4) is 0 Å². The summed E-state index contributed by atoms with van der Waals surface area (Å²) in [5.74, 6) is 1.89. The van der Waals surface area contributed by atoms with Gasteiger partial charge in [0.15, 0.2) is 17.5 Å². The van der Waals surface area contributed by atoms with Gasteiger partial charge in [0.25, 0.3) is 0 Å². The van der Waals surface area contributed by atoms with Crippen molar-refractivity contribution in [2.45, 2.75) is 6.42 Å². The van der Waals surface area contributed by atoms with Crippen molar-refractivity contribution in [3.8, 4) is 78.8 Å². The predicted molar refractivity (Wildman–Crippen MR) is 198 cm³/mol. The maximum absolute atomic E-state index is 5.08. The lowest BCUT2D eigenvalue weighted by Gasteiger charge is -2.14. The smallest absolute Gasteiger partial charge is 0.164 e. The molecule has 0 atom stereocenters. The van der Waals surface area contributed by atoms with Gasteiger partial charge < -0.3 is 0 Å². The number of hydrogen-bond acceptors (Lipinski definition) is 4. The summed E-state index contributed by atoms with van der Waals surface area (Å²) in [6, 6.07) is 56.9. The van der Waals surface area contributed by atoms with E-state index >= 15 is 0 Å². The molecule has 2 heterocycles. The summed E-state index contributed by atoms with van der Waals surface area (Å²) < 4.78 is 0. The molecule has 4 nitrogen and oxygen atoms in total. The van der Waals surface area contributed by atoms with Gasteiger partial charge in [0.2, 0.25) is 0 Å². The van der Waals surface area contributed by atoms with Gasteiger partial charge in [-0.3, -0.25) is 4.98 Å². The van der Waals surface area contributed by atoms with E-state index in [1.165, 1.54) is 38.9 Å². The lowest BCUT2D eigenvalue weighted by atomic mass is 9.92. The van der Waals surface area contributed by atoms with Gasteiger partial charge in [0.05, 0.1) is 5.69 Å². The molecule has 230 valence electrons. The van der Waals surface area contributed by atoms with E-state index in [1.54, 1.807) is 0 Å². The van der Waals surface area contributed by atoms with E-state index in [-0.39, 0.29) is 0 Å². The minimum absolute atomic E-state index is 0.619. The molecular weight excluding hydrogens is 597 g/mol. The summed E-state index contributed by atoms with van der Waals surface area (Å²) >= 11 is 0. The van der Waals surface area contributed by atoms with Crippen LogP contribution in [-0.4, -0.2) is 19.9 Å². The Bertz CT molecular complexity index is 2380. The second-order valence-corrected chi connectivity index (χ2v) is 12.3. The third kappa shape index (κ3) is 5.39. The number of rotatable bonds is 6. The third-order valence-corrected chi connectivity index (χ3v) is 9.24. The summed E-state index contributed by atoms with van der Waals surface area (Å²) in [6.07, 6.45) is 2.70. The van der Waals surface area contributed by atoms with Gasteiger partial charge in [-0.2, -0.15) is 0 Å². The summed E-state index contributed by atoms with van der Waals surface area (Å²) in [6.45, 7) is 0. The Morgan fingerprint density at radius 1 is 0.327 bits per heavy atom. The Kier molecular flexibility index (Phi) is 7.17. The minimum atomic E-state index is 0.619. The average Bonchev–Trinajstić information content (AvgIpc) is 3.58. The number of nitrogens with zero attached hydrogens (tertiary/aromatic N) is 4. The molecule has 8 aromatic rings. The Morgan fingerprint density at radius 3 is 1.33 bits per heavy atom. The number of benzene rings is 6. The van der Waals surface area contributed by atoms with Crippen molar-refractivity contribution in [2.75, 3.05) is 0 Å². The Morgan fingerprint density at radius 2 is 0.776 bits per heavy atom. The molecule has 1 aliphatic carbocycles. The van der Waals surface area contributed by atoms with Gasteiger partial charge in [-0.25, -0.2) is 15.0 Å². The largest absolute Gasteiger partial charge is 0.256 e. The molecule has 0 spiro atoms. The van der Waals surface area contributed by atoms with E-state index in [9.17, 15) is 0 Å². The van der Waals surface area contributed by atoms with Crippen LogP contribution in [0.15, 0.2) is 170 Å². The highest BCUT2D eigenvalue weighted by Crippen LogP contribution is 2.46. The quantitative estimate of drug-likeness (QED) is 0.184. The lowest BCUT2D eigenvalue weighted by Crippen LogP contribution is -2.01. The van der Waals surface area contributed by atoms with Crippen molar-refractivity contribution >= 4 is 0 Å². The minimum Gasteiger partial charge on any atom is -0.256 e. The molecule has 2 aromatic heterocycles. The van der Waals surface area contributed by atoms with Crippen LogP contribution in [0.25, 0.3) is 78.8 Å². The fourth-order valence-corrected chi connectivity index (χ4v) is 6.93. The highest BCUT2D eigenvalue weighted by atomic mass is 15.0. The molecule has 0 N–H and O–H groups in total. The van der Waals surface area contributed by atoms with E-state index in [4.69, 9.17) is 19.9 Å². The molecule has 0 unspecified atom stereocenters. The van der Waals surface area contributed by atoms with Crippen molar-refractivity contribution in [1.82, 2.24) is 19.9 Å².